The molecule has 0 atom stereocenters. The lowest BCUT2D eigenvalue weighted by atomic mass is 9.98. The van der Waals surface area contributed by atoms with Gasteiger partial charge in [-0.1, -0.05) is 0 Å². The first kappa shape index (κ1) is 22.2. The topological polar surface area (TPSA) is 107 Å². The number of nitriles is 1. The molecule has 0 saturated carbocycles. The van der Waals surface area contributed by atoms with Crippen LogP contribution < -0.4 is 25.8 Å². The Hall–Kier alpha value is -4.58. The van der Waals surface area contributed by atoms with Crippen molar-refractivity contribution in [3.05, 3.63) is 74.7 Å². The van der Waals surface area contributed by atoms with Crippen molar-refractivity contribution in [2.75, 3.05) is 37.0 Å². The zero-order chi connectivity index (χ0) is 24.9. The number of aromatic amines is 1. The molecule has 1 aliphatic heterocycles. The zero-order valence-corrected chi connectivity index (χ0v) is 19.9. The van der Waals surface area contributed by atoms with E-state index in [1.165, 1.54) is 6.20 Å². The highest BCUT2D eigenvalue weighted by molar-refractivity contribution is 5.98. The maximum atomic E-state index is 12.6. The number of hydrogen-bond acceptors (Lipinski definition) is 7. The highest BCUT2D eigenvalue weighted by Gasteiger charge is 2.26. The largest absolute Gasteiger partial charge is 0.497 e. The maximum absolute atomic E-state index is 12.6. The summed E-state index contributed by atoms with van der Waals surface area (Å²) >= 11 is 0. The maximum Gasteiger partial charge on any atom is 0.344 e. The Kier molecular flexibility index (Phi) is 5.29. The van der Waals surface area contributed by atoms with E-state index in [1.54, 1.807) is 24.9 Å². The van der Waals surface area contributed by atoms with Crippen molar-refractivity contribution in [3.63, 3.8) is 0 Å². The summed E-state index contributed by atoms with van der Waals surface area (Å²) in [5, 5.41) is 10.9. The number of nitrogens with one attached hydrogen (secondary N) is 1. The predicted molar refractivity (Wildman–Crippen MR) is 136 cm³/mol. The van der Waals surface area contributed by atoms with Crippen molar-refractivity contribution >= 4 is 28.0 Å². The summed E-state index contributed by atoms with van der Waals surface area (Å²) in [7, 11) is 5.37. The van der Waals surface area contributed by atoms with Gasteiger partial charge in [-0.3, -0.25) is 4.79 Å². The summed E-state index contributed by atoms with van der Waals surface area (Å²) < 4.78 is 7.22. The highest BCUT2D eigenvalue weighted by atomic mass is 16.5. The Morgan fingerprint density at radius 3 is 2.54 bits per heavy atom. The quantitative estimate of drug-likeness (QED) is 0.492. The van der Waals surface area contributed by atoms with Crippen molar-refractivity contribution in [1.29, 1.82) is 5.26 Å². The lowest BCUT2D eigenvalue weighted by Gasteiger charge is -2.38. The summed E-state index contributed by atoms with van der Waals surface area (Å²) in [6.45, 7) is 3.23. The Labute approximate surface area is 201 Å². The molecule has 2 aromatic heterocycles. The van der Waals surface area contributed by atoms with Crippen LogP contribution in [0.25, 0.3) is 22.0 Å². The number of H-pyrrole nitrogens is 1. The van der Waals surface area contributed by atoms with E-state index in [4.69, 9.17) is 4.74 Å². The van der Waals surface area contributed by atoms with Crippen LogP contribution in [0.1, 0.15) is 11.1 Å². The molecule has 176 valence electrons. The monoisotopic (exact) mass is 468 g/mol. The van der Waals surface area contributed by atoms with E-state index in [9.17, 15) is 14.9 Å². The number of ether oxygens (including phenoxy) is 1. The molecule has 1 N–H and O–H groups in total. The number of methoxy groups -OCH3 is 1. The molecule has 3 heterocycles. The van der Waals surface area contributed by atoms with Gasteiger partial charge in [0.15, 0.2) is 0 Å². The fourth-order valence-electron chi connectivity index (χ4n) is 4.68. The summed E-state index contributed by atoms with van der Waals surface area (Å²) in [5.41, 5.74) is 5.45. The van der Waals surface area contributed by atoms with Gasteiger partial charge >= 0.3 is 5.69 Å². The lowest BCUT2D eigenvalue weighted by molar-refractivity contribution is 0.415. The molecule has 0 aliphatic carbocycles. The van der Waals surface area contributed by atoms with E-state index >= 15 is 0 Å². The molecule has 2 aromatic carbocycles. The molecule has 0 saturated heterocycles. The Morgan fingerprint density at radius 2 is 1.86 bits per heavy atom. The van der Waals surface area contributed by atoms with Crippen LogP contribution in [0.4, 0.5) is 17.1 Å². The van der Waals surface area contributed by atoms with Gasteiger partial charge in [0.2, 0.25) is 0 Å². The third-order valence-electron chi connectivity index (χ3n) is 6.58. The van der Waals surface area contributed by atoms with Gasteiger partial charge in [0.05, 0.1) is 41.3 Å². The Balaban J connectivity index is 1.77. The predicted octanol–water partition coefficient (Wildman–Crippen LogP) is 3.07. The molecule has 0 unspecified atom stereocenters. The molecule has 9 nitrogen and oxygen atoms in total. The summed E-state index contributed by atoms with van der Waals surface area (Å²) in [4.78, 5) is 34.8. The second-order valence-electron chi connectivity index (χ2n) is 8.65. The molecule has 0 bridgehead atoms. The van der Waals surface area contributed by atoms with Crippen molar-refractivity contribution in [2.24, 2.45) is 7.05 Å². The summed E-state index contributed by atoms with van der Waals surface area (Å²) in [6, 6.07) is 11.9. The van der Waals surface area contributed by atoms with Crippen LogP contribution in [-0.2, 0) is 7.05 Å². The molecule has 9 heteroatoms. The first-order valence-corrected chi connectivity index (χ1v) is 11.1. The molecule has 5 rings (SSSR count). The van der Waals surface area contributed by atoms with E-state index in [2.05, 4.69) is 25.8 Å². The number of anilines is 3. The van der Waals surface area contributed by atoms with Gasteiger partial charge in [-0.25, -0.2) is 9.78 Å². The average Bonchev–Trinajstić information content (AvgIpc) is 2.87. The Morgan fingerprint density at radius 1 is 1.06 bits per heavy atom. The van der Waals surface area contributed by atoms with Gasteiger partial charge < -0.3 is 24.1 Å². The number of rotatable bonds is 3. The van der Waals surface area contributed by atoms with Crippen molar-refractivity contribution in [3.8, 4) is 22.9 Å². The zero-order valence-electron chi connectivity index (χ0n) is 19.9. The SMILES string of the molecule is COc1cc(N2CCN(C)c3cc(-c4cnc(=O)[nH]c4)c(C#N)cc32)c2cc(C)c(=O)n(C)c2c1. The fourth-order valence-corrected chi connectivity index (χ4v) is 4.68. The summed E-state index contributed by atoms with van der Waals surface area (Å²) in [6.07, 6.45) is 3.04. The van der Waals surface area contributed by atoms with Gasteiger partial charge in [0, 0.05) is 73.8 Å². The van der Waals surface area contributed by atoms with E-state index in [-0.39, 0.29) is 5.56 Å². The van der Waals surface area contributed by atoms with Crippen LogP contribution in [-0.4, -0.2) is 41.8 Å². The number of aromatic nitrogens is 3. The molecule has 0 amide bonds. The number of aryl methyl sites for hydroxylation is 2. The lowest BCUT2D eigenvalue weighted by Crippen LogP contribution is -2.37. The van der Waals surface area contributed by atoms with Crippen LogP contribution >= 0.6 is 0 Å². The second kappa shape index (κ2) is 8.33. The molecule has 35 heavy (non-hydrogen) atoms. The van der Waals surface area contributed by atoms with Crippen LogP contribution in [0.5, 0.6) is 5.75 Å². The van der Waals surface area contributed by atoms with E-state index in [1.807, 2.05) is 44.3 Å². The summed E-state index contributed by atoms with van der Waals surface area (Å²) in [5.74, 6) is 0.642. The minimum Gasteiger partial charge on any atom is -0.497 e. The van der Waals surface area contributed by atoms with Gasteiger partial charge in [-0.05, 0) is 25.1 Å². The molecular formula is C26H24N6O3. The normalized spacial score (nSPS) is 13.0. The van der Waals surface area contributed by atoms with Gasteiger partial charge in [-0.2, -0.15) is 5.26 Å². The van der Waals surface area contributed by atoms with Gasteiger partial charge in [0.1, 0.15) is 5.75 Å². The Bertz CT molecular complexity index is 1630. The third kappa shape index (κ3) is 3.60. The van der Waals surface area contributed by atoms with E-state index in [0.717, 1.165) is 34.5 Å². The molecule has 4 aromatic rings. The first-order chi connectivity index (χ1) is 16.8. The standard InChI is InChI=1S/C26H24N6O3/c1-15-7-20-21(31(3)25(15)33)9-18(35-4)10-22(20)32-6-5-30(2)23-11-19(16(12-27)8-24(23)32)17-13-28-26(34)29-14-17/h7-11,13-14H,5-6H2,1-4H3,(H,28,29,34). The second-order valence-corrected chi connectivity index (χ2v) is 8.65. The van der Waals surface area contributed by atoms with E-state index in [0.29, 0.717) is 34.5 Å². The molecule has 0 spiro atoms. The smallest absolute Gasteiger partial charge is 0.344 e. The minimum absolute atomic E-state index is 0.0543. The van der Waals surface area contributed by atoms with Crippen LogP contribution in [0.15, 0.2) is 52.3 Å². The number of likely N-dealkylation sites (N-methyl/N-ethyl adjacent to an activating group) is 1. The molecular weight excluding hydrogens is 444 g/mol. The fraction of sp³-hybridized carbons (Fsp3) is 0.231. The van der Waals surface area contributed by atoms with Crippen molar-refractivity contribution in [1.82, 2.24) is 14.5 Å². The van der Waals surface area contributed by atoms with Crippen LogP contribution in [0.2, 0.25) is 0 Å². The van der Waals surface area contributed by atoms with Gasteiger partial charge in [0.25, 0.3) is 5.56 Å². The minimum atomic E-state index is -0.442. The molecule has 1 aliphatic rings. The van der Waals surface area contributed by atoms with Crippen molar-refractivity contribution < 1.29 is 4.74 Å². The number of hydrogen-bond donors (Lipinski definition) is 1. The van der Waals surface area contributed by atoms with Crippen molar-refractivity contribution in [2.45, 2.75) is 6.92 Å². The van der Waals surface area contributed by atoms with Gasteiger partial charge in [-0.15, -0.1) is 0 Å². The van der Waals surface area contributed by atoms with Crippen LogP contribution in [0.3, 0.4) is 0 Å². The molecule has 0 fully saturated rings. The van der Waals surface area contributed by atoms with E-state index < -0.39 is 5.69 Å². The highest BCUT2D eigenvalue weighted by Crippen LogP contribution is 2.44. The number of pyridine rings is 1. The average molecular weight is 469 g/mol. The molecule has 0 radical (unpaired) electrons. The number of nitrogens with zero attached hydrogens (tertiary/aromatic N) is 5. The third-order valence-corrected chi connectivity index (χ3v) is 6.58. The number of benzene rings is 2. The first-order valence-electron chi connectivity index (χ1n) is 11.1. The number of fused-ring (bicyclic) bond motifs is 2. The van der Waals surface area contributed by atoms with Crippen LogP contribution in [0, 0.1) is 18.3 Å².